The number of amides is 1. The minimum Gasteiger partial charge on any atom is -0.379 e. The third kappa shape index (κ3) is 8.44. The molecule has 0 saturated heterocycles. The number of hydrogen-bond donors (Lipinski definition) is 2. The number of fused-ring (bicyclic) bond motifs is 2. The molecular formula is C45H54N4O5S. The van der Waals surface area contributed by atoms with Crippen molar-refractivity contribution in [2.24, 2.45) is 29.1 Å². The number of nitrogens with one attached hydrogen (secondary N) is 2. The van der Waals surface area contributed by atoms with Crippen LogP contribution in [-0.2, 0) is 16.4 Å². The largest absolute Gasteiger partial charge is 0.379 e. The molecule has 2 N–H and O–H groups in total. The molecule has 4 aromatic carbocycles. The fourth-order valence-electron chi connectivity index (χ4n) is 9.64. The molecule has 0 radical (unpaired) electrons. The molecule has 0 heterocycles. The number of benzene rings is 4. The van der Waals surface area contributed by atoms with Gasteiger partial charge in [0.15, 0.2) is 0 Å². The van der Waals surface area contributed by atoms with E-state index in [1.165, 1.54) is 42.6 Å². The van der Waals surface area contributed by atoms with Crippen molar-refractivity contribution in [2.45, 2.75) is 89.5 Å². The minimum absolute atomic E-state index is 0.168. The summed E-state index contributed by atoms with van der Waals surface area (Å²) in [6, 6.07) is 30.4. The highest BCUT2D eigenvalue weighted by molar-refractivity contribution is 7.90. The van der Waals surface area contributed by atoms with Crippen molar-refractivity contribution in [2.75, 3.05) is 23.3 Å². The number of hydrogen-bond acceptors (Lipinski definition) is 7. The molecule has 2 bridgehead atoms. The molecule has 0 aliphatic heterocycles. The van der Waals surface area contributed by atoms with Gasteiger partial charge < -0.3 is 10.2 Å². The molecule has 10 heteroatoms. The molecule has 1 amide bonds. The lowest BCUT2D eigenvalue weighted by molar-refractivity contribution is -0.384. The topological polar surface area (TPSA) is 122 Å². The Morgan fingerprint density at radius 3 is 2.20 bits per heavy atom. The van der Waals surface area contributed by atoms with Gasteiger partial charge in [0.05, 0.1) is 9.82 Å². The molecule has 4 aliphatic carbocycles. The van der Waals surface area contributed by atoms with Crippen molar-refractivity contribution in [3.05, 3.63) is 118 Å². The molecule has 4 aliphatic rings. The zero-order chi connectivity index (χ0) is 38.7. The van der Waals surface area contributed by atoms with Gasteiger partial charge in [-0.25, -0.2) is 13.1 Å². The van der Waals surface area contributed by atoms with Gasteiger partial charge in [-0.3, -0.25) is 14.9 Å². The summed E-state index contributed by atoms with van der Waals surface area (Å²) in [7, 11) is -4.37. The van der Waals surface area contributed by atoms with Gasteiger partial charge in [0, 0.05) is 36.4 Å². The Hall–Kier alpha value is -4.70. The predicted octanol–water partition coefficient (Wildman–Crippen LogP) is 9.88. The Labute approximate surface area is 326 Å². The van der Waals surface area contributed by atoms with Gasteiger partial charge in [-0.15, -0.1) is 0 Å². The molecule has 4 fully saturated rings. The van der Waals surface area contributed by atoms with Crippen LogP contribution in [0.3, 0.4) is 0 Å². The second-order valence-electron chi connectivity index (χ2n) is 16.7. The fraction of sp³-hybridized carbons (Fsp3) is 0.444. The van der Waals surface area contributed by atoms with Gasteiger partial charge in [-0.05, 0) is 121 Å². The first kappa shape index (κ1) is 38.6. The molecule has 4 atom stereocenters. The SMILES string of the molecule is C[C@@H]1C(N(CCCc2ccccc2)c2ccc(-c3ccc(C(=O)NS(=O)(=O)c4ccc(NCC5CCCCC5)c([N+](=O)[O-])c4)cc3)cc2)C[C@H]2C[C@@H]1C2(C)C. The second-order valence-corrected chi connectivity index (χ2v) is 18.4. The summed E-state index contributed by atoms with van der Waals surface area (Å²) < 4.78 is 28.6. The summed E-state index contributed by atoms with van der Waals surface area (Å²) >= 11 is 0. The number of anilines is 2. The van der Waals surface area contributed by atoms with Crippen LogP contribution in [0, 0.1) is 39.2 Å². The molecular weight excluding hydrogens is 709 g/mol. The Kier molecular flexibility index (Phi) is 11.3. The molecule has 4 aromatic rings. The summed E-state index contributed by atoms with van der Waals surface area (Å²) in [5.74, 6) is 1.74. The quantitative estimate of drug-likeness (QED) is 0.0969. The van der Waals surface area contributed by atoms with Crippen LogP contribution in [0.5, 0.6) is 0 Å². The van der Waals surface area contributed by atoms with Crippen LogP contribution in [0.15, 0.2) is 102 Å². The van der Waals surface area contributed by atoms with Crippen molar-refractivity contribution >= 4 is 33.0 Å². The summed E-state index contributed by atoms with van der Waals surface area (Å²) in [5.41, 5.74) is 5.00. The average Bonchev–Trinajstić information content (AvgIpc) is 3.19. The number of nitrogens with zero attached hydrogens (tertiary/aromatic N) is 2. The molecule has 8 rings (SSSR count). The third-order valence-corrected chi connectivity index (χ3v) is 14.4. The number of carbonyl (C=O) groups is 1. The van der Waals surface area contributed by atoms with Gasteiger partial charge in [-0.1, -0.05) is 94.6 Å². The monoisotopic (exact) mass is 762 g/mol. The van der Waals surface area contributed by atoms with Gasteiger partial charge in [0.2, 0.25) is 0 Å². The fourth-order valence-corrected chi connectivity index (χ4v) is 10.6. The summed E-state index contributed by atoms with van der Waals surface area (Å²) in [5, 5.41) is 15.0. The van der Waals surface area contributed by atoms with Crippen molar-refractivity contribution in [1.29, 1.82) is 0 Å². The standard InChI is InChI=1S/C45H54N4O5S/c1-31-40-27-37(45(40,2)3)28-42(31)48(26-10-15-32-11-6-4-7-12-32)38-22-20-35(21-23-38)34-16-18-36(19-17-34)44(50)47-55(53,54)39-24-25-41(43(29-39)49(51)52)46-30-33-13-8-5-9-14-33/h4,6-7,11-12,16-25,29,31,33,37,40,42,46H,5,8-10,13-15,26-28,30H2,1-3H3,(H,47,50)/t31-,37+,40-,42?/m0/s1. The van der Waals surface area contributed by atoms with E-state index in [1.54, 1.807) is 12.1 Å². The van der Waals surface area contributed by atoms with Crippen molar-refractivity contribution in [3.8, 4) is 11.1 Å². The van der Waals surface area contributed by atoms with Gasteiger partial charge in [0.25, 0.3) is 21.6 Å². The van der Waals surface area contributed by atoms with Crippen molar-refractivity contribution in [3.63, 3.8) is 0 Å². The molecule has 4 saturated carbocycles. The molecule has 9 nitrogen and oxygen atoms in total. The Balaban J connectivity index is 1.01. The third-order valence-electron chi connectivity index (χ3n) is 13.1. The lowest BCUT2D eigenvalue weighted by Crippen LogP contribution is -2.61. The highest BCUT2D eigenvalue weighted by Gasteiger charge is 2.57. The van der Waals surface area contributed by atoms with E-state index in [0.717, 1.165) is 74.1 Å². The molecule has 1 unspecified atom stereocenters. The van der Waals surface area contributed by atoms with E-state index in [0.29, 0.717) is 29.8 Å². The second kappa shape index (κ2) is 16.2. The first-order chi connectivity index (χ1) is 26.4. The summed E-state index contributed by atoms with van der Waals surface area (Å²) in [4.78, 5) is 26.7. The number of nitro groups is 1. The van der Waals surface area contributed by atoms with Crippen LogP contribution in [0.4, 0.5) is 17.1 Å². The van der Waals surface area contributed by atoms with Crippen molar-refractivity contribution in [1.82, 2.24) is 4.72 Å². The van der Waals surface area contributed by atoms with E-state index in [-0.39, 0.29) is 21.8 Å². The average molecular weight is 763 g/mol. The maximum atomic E-state index is 13.2. The minimum atomic E-state index is -4.37. The van der Waals surface area contributed by atoms with Gasteiger partial charge in [0.1, 0.15) is 5.69 Å². The first-order valence-corrected chi connectivity index (χ1v) is 21.5. The smallest absolute Gasteiger partial charge is 0.293 e. The van der Waals surface area contributed by atoms with Crippen LogP contribution >= 0.6 is 0 Å². The van der Waals surface area contributed by atoms with E-state index >= 15 is 0 Å². The van der Waals surface area contributed by atoms with E-state index < -0.39 is 20.9 Å². The number of rotatable bonds is 14. The van der Waals surface area contributed by atoms with Crippen LogP contribution in [0.25, 0.3) is 11.1 Å². The lowest BCUT2D eigenvalue weighted by atomic mass is 9.44. The Morgan fingerprint density at radius 2 is 1.56 bits per heavy atom. The molecule has 0 spiro atoms. The Bertz CT molecular complexity index is 2080. The van der Waals surface area contributed by atoms with Crippen LogP contribution in [0.2, 0.25) is 0 Å². The molecule has 0 aromatic heterocycles. The van der Waals surface area contributed by atoms with E-state index in [9.17, 15) is 23.3 Å². The first-order valence-electron chi connectivity index (χ1n) is 20.0. The Morgan fingerprint density at radius 1 is 0.891 bits per heavy atom. The van der Waals surface area contributed by atoms with Crippen molar-refractivity contribution < 1.29 is 18.1 Å². The zero-order valence-electron chi connectivity index (χ0n) is 32.2. The van der Waals surface area contributed by atoms with Gasteiger partial charge >= 0.3 is 0 Å². The maximum Gasteiger partial charge on any atom is 0.293 e. The molecule has 55 heavy (non-hydrogen) atoms. The highest BCUT2D eigenvalue weighted by atomic mass is 32.2. The zero-order valence-corrected chi connectivity index (χ0v) is 33.1. The highest BCUT2D eigenvalue weighted by Crippen LogP contribution is 2.62. The lowest BCUT2D eigenvalue weighted by Gasteiger charge is -2.63. The predicted molar refractivity (Wildman–Crippen MR) is 220 cm³/mol. The summed E-state index contributed by atoms with van der Waals surface area (Å²) in [6.07, 6.45) is 10.3. The van der Waals surface area contributed by atoms with E-state index in [2.05, 4.69) is 90.3 Å². The summed E-state index contributed by atoms with van der Waals surface area (Å²) in [6.45, 7) is 8.93. The van der Waals surface area contributed by atoms with Crippen LogP contribution in [-0.4, -0.2) is 38.4 Å². The van der Waals surface area contributed by atoms with E-state index in [1.807, 2.05) is 12.1 Å². The number of carbonyl (C=O) groups excluding carboxylic acids is 1. The number of nitro benzene ring substituents is 1. The maximum absolute atomic E-state index is 13.2. The van der Waals surface area contributed by atoms with Crippen LogP contribution < -0.4 is 14.9 Å². The number of aryl methyl sites for hydroxylation is 1. The molecule has 290 valence electrons. The number of sulfonamides is 1. The van der Waals surface area contributed by atoms with Gasteiger partial charge in [-0.2, -0.15) is 0 Å². The van der Waals surface area contributed by atoms with E-state index in [4.69, 9.17) is 0 Å². The normalized spacial score (nSPS) is 21.9. The van der Waals surface area contributed by atoms with Crippen LogP contribution in [0.1, 0.15) is 88.1 Å².